The van der Waals surface area contributed by atoms with Crippen LogP contribution in [-0.2, 0) is 21.2 Å². The number of nitrogens with zero attached hydrogens (tertiary/aromatic N) is 2. The highest BCUT2D eigenvalue weighted by molar-refractivity contribution is 7.91. The molecule has 0 unspecified atom stereocenters. The molecule has 0 spiro atoms. The number of carbonyl (C=O) groups is 1. The first-order valence-corrected chi connectivity index (χ1v) is 13.9. The topological polar surface area (TPSA) is 76.6 Å². The molecule has 0 fully saturated rings. The maximum atomic E-state index is 13.3. The normalized spacial score (nSPS) is 11.5. The number of methoxy groups -OCH3 is 1. The van der Waals surface area contributed by atoms with E-state index in [1.165, 1.54) is 30.6 Å². The average Bonchev–Trinajstić information content (AvgIpc) is 3.32. The van der Waals surface area contributed by atoms with Gasteiger partial charge in [0.25, 0.3) is 0 Å². The van der Waals surface area contributed by atoms with Gasteiger partial charge in [-0.2, -0.15) is 0 Å². The second-order valence-corrected chi connectivity index (χ2v) is 11.6. The first-order chi connectivity index (χ1) is 16.8. The molecule has 1 aromatic heterocycles. The van der Waals surface area contributed by atoms with Gasteiger partial charge in [-0.15, -0.1) is 0 Å². The standard InChI is InChI=1S/C26H25ClN2O4S2/c1-18-10-15-22(27)25-24(18)28-26(34-25)29(17-19-7-4-3-5-8-19)23(30)9-6-16-35(31,32)21-13-11-20(33-2)12-14-21/h3-5,7-8,10-15H,6,9,16-17H2,1-2H3. The number of aryl methyl sites for hydroxylation is 1. The Morgan fingerprint density at radius 3 is 2.43 bits per heavy atom. The summed E-state index contributed by atoms with van der Waals surface area (Å²) in [7, 11) is -1.99. The molecule has 0 saturated carbocycles. The highest BCUT2D eigenvalue weighted by Crippen LogP contribution is 2.36. The molecule has 0 radical (unpaired) electrons. The summed E-state index contributed by atoms with van der Waals surface area (Å²) in [5, 5.41) is 1.13. The quantitative estimate of drug-likeness (QED) is 0.264. The number of fused-ring (bicyclic) bond motifs is 1. The number of hydrogen-bond acceptors (Lipinski definition) is 6. The predicted molar refractivity (Wildman–Crippen MR) is 141 cm³/mol. The van der Waals surface area contributed by atoms with Crippen LogP contribution in [0.4, 0.5) is 5.13 Å². The number of hydrogen-bond donors (Lipinski definition) is 0. The Hall–Kier alpha value is -2.94. The minimum atomic E-state index is -3.52. The molecular weight excluding hydrogens is 504 g/mol. The Kier molecular flexibility index (Phi) is 7.74. The van der Waals surface area contributed by atoms with Crippen LogP contribution in [0.2, 0.25) is 5.02 Å². The van der Waals surface area contributed by atoms with Crippen molar-refractivity contribution in [1.82, 2.24) is 4.98 Å². The molecule has 0 bridgehead atoms. The van der Waals surface area contributed by atoms with E-state index in [1.807, 2.05) is 49.4 Å². The summed E-state index contributed by atoms with van der Waals surface area (Å²) in [5.74, 6) is 0.267. The van der Waals surface area contributed by atoms with Crippen LogP contribution in [-0.4, -0.2) is 32.2 Å². The van der Waals surface area contributed by atoms with Crippen LogP contribution in [0.3, 0.4) is 0 Å². The Labute approximate surface area is 214 Å². The smallest absolute Gasteiger partial charge is 0.229 e. The van der Waals surface area contributed by atoms with Gasteiger partial charge in [-0.3, -0.25) is 9.69 Å². The van der Waals surface area contributed by atoms with Crippen LogP contribution in [0.15, 0.2) is 71.6 Å². The highest BCUT2D eigenvalue weighted by atomic mass is 35.5. The van der Waals surface area contributed by atoms with E-state index in [9.17, 15) is 13.2 Å². The van der Waals surface area contributed by atoms with Gasteiger partial charge in [-0.05, 0) is 54.8 Å². The largest absolute Gasteiger partial charge is 0.497 e. The fourth-order valence-electron chi connectivity index (χ4n) is 3.68. The van der Waals surface area contributed by atoms with Crippen molar-refractivity contribution in [3.8, 4) is 5.75 Å². The van der Waals surface area contributed by atoms with E-state index in [4.69, 9.17) is 21.3 Å². The molecule has 0 aliphatic rings. The SMILES string of the molecule is COc1ccc(S(=O)(=O)CCCC(=O)N(Cc2ccccc2)c2nc3c(C)ccc(Cl)c3s2)cc1. The molecule has 4 rings (SSSR count). The highest BCUT2D eigenvalue weighted by Gasteiger charge is 2.23. The first kappa shape index (κ1) is 25.2. The van der Waals surface area contributed by atoms with E-state index < -0.39 is 9.84 Å². The zero-order valence-corrected chi connectivity index (χ0v) is 21.8. The maximum Gasteiger partial charge on any atom is 0.229 e. The van der Waals surface area contributed by atoms with E-state index in [0.717, 1.165) is 21.3 Å². The summed E-state index contributed by atoms with van der Waals surface area (Å²) in [6, 6.07) is 19.6. The molecule has 0 N–H and O–H groups in total. The second kappa shape index (κ2) is 10.8. The van der Waals surface area contributed by atoms with Crippen LogP contribution >= 0.6 is 22.9 Å². The van der Waals surface area contributed by atoms with Crippen molar-refractivity contribution in [3.63, 3.8) is 0 Å². The van der Waals surface area contributed by atoms with Crippen LogP contribution in [0.1, 0.15) is 24.0 Å². The van der Waals surface area contributed by atoms with E-state index >= 15 is 0 Å². The zero-order chi connectivity index (χ0) is 25.0. The van der Waals surface area contributed by atoms with Gasteiger partial charge < -0.3 is 4.74 Å². The number of amides is 1. The van der Waals surface area contributed by atoms with Crippen LogP contribution in [0.5, 0.6) is 5.75 Å². The van der Waals surface area contributed by atoms with Gasteiger partial charge in [-0.25, -0.2) is 13.4 Å². The Balaban J connectivity index is 1.54. The van der Waals surface area contributed by atoms with Crippen molar-refractivity contribution in [2.75, 3.05) is 17.8 Å². The van der Waals surface area contributed by atoms with E-state index in [2.05, 4.69) is 0 Å². The number of halogens is 1. The van der Waals surface area contributed by atoms with Gasteiger partial charge in [0.2, 0.25) is 5.91 Å². The minimum absolute atomic E-state index is 0.0743. The van der Waals surface area contributed by atoms with Crippen molar-refractivity contribution in [3.05, 3.63) is 82.9 Å². The van der Waals surface area contributed by atoms with E-state index in [1.54, 1.807) is 17.0 Å². The molecule has 0 saturated heterocycles. The fraction of sp³-hybridized carbons (Fsp3) is 0.231. The van der Waals surface area contributed by atoms with Gasteiger partial charge in [0.05, 0.1) is 39.5 Å². The third-order valence-corrected chi connectivity index (χ3v) is 8.98. The van der Waals surface area contributed by atoms with Gasteiger partial charge in [0, 0.05) is 6.42 Å². The van der Waals surface area contributed by atoms with Crippen LogP contribution in [0.25, 0.3) is 10.2 Å². The molecule has 1 amide bonds. The van der Waals surface area contributed by atoms with Crippen LogP contribution in [0, 0.1) is 6.92 Å². The van der Waals surface area contributed by atoms with Crippen molar-refractivity contribution in [2.24, 2.45) is 0 Å². The molecule has 9 heteroatoms. The lowest BCUT2D eigenvalue weighted by Gasteiger charge is -2.20. The molecule has 0 atom stereocenters. The third kappa shape index (κ3) is 5.83. The molecule has 0 aliphatic heterocycles. The number of sulfone groups is 1. The van der Waals surface area contributed by atoms with Crippen LogP contribution < -0.4 is 9.64 Å². The Bertz CT molecular complexity index is 1400. The first-order valence-electron chi connectivity index (χ1n) is 11.1. The Morgan fingerprint density at radius 2 is 1.77 bits per heavy atom. The summed E-state index contributed by atoms with van der Waals surface area (Å²) in [5.41, 5.74) is 2.70. The molecule has 6 nitrogen and oxygen atoms in total. The van der Waals surface area contributed by atoms with Gasteiger partial charge in [0.1, 0.15) is 5.75 Å². The van der Waals surface area contributed by atoms with Gasteiger partial charge >= 0.3 is 0 Å². The van der Waals surface area contributed by atoms with Crippen molar-refractivity contribution < 1.29 is 17.9 Å². The number of ether oxygens (including phenoxy) is 1. The molecule has 1 heterocycles. The van der Waals surface area contributed by atoms with Gasteiger partial charge in [0.15, 0.2) is 15.0 Å². The average molecular weight is 529 g/mol. The maximum absolute atomic E-state index is 13.3. The molecule has 3 aromatic carbocycles. The minimum Gasteiger partial charge on any atom is -0.497 e. The van der Waals surface area contributed by atoms with Crippen molar-refractivity contribution >= 4 is 54.0 Å². The summed E-state index contributed by atoms with van der Waals surface area (Å²) in [6.07, 6.45) is 0.272. The third-order valence-electron chi connectivity index (χ3n) is 5.62. The second-order valence-electron chi connectivity index (χ2n) is 8.10. The van der Waals surface area contributed by atoms with E-state index in [0.29, 0.717) is 22.4 Å². The van der Waals surface area contributed by atoms with Crippen molar-refractivity contribution in [2.45, 2.75) is 31.2 Å². The molecule has 0 aliphatic carbocycles. The monoisotopic (exact) mass is 528 g/mol. The van der Waals surface area contributed by atoms with Crippen molar-refractivity contribution in [1.29, 1.82) is 0 Å². The molecule has 4 aromatic rings. The number of benzene rings is 3. The molecular formula is C26H25ClN2O4S2. The van der Waals surface area contributed by atoms with E-state index in [-0.39, 0.29) is 29.4 Å². The fourth-order valence-corrected chi connectivity index (χ4v) is 6.33. The summed E-state index contributed by atoms with van der Waals surface area (Å²) < 4.78 is 31.4. The summed E-state index contributed by atoms with van der Waals surface area (Å²) in [4.78, 5) is 19.9. The summed E-state index contributed by atoms with van der Waals surface area (Å²) in [6.45, 7) is 2.29. The summed E-state index contributed by atoms with van der Waals surface area (Å²) >= 11 is 7.76. The zero-order valence-electron chi connectivity index (χ0n) is 19.4. The lowest BCUT2D eigenvalue weighted by atomic mass is 10.2. The number of aromatic nitrogens is 1. The number of rotatable bonds is 9. The lowest BCUT2D eigenvalue weighted by molar-refractivity contribution is -0.118. The van der Waals surface area contributed by atoms with Gasteiger partial charge in [-0.1, -0.05) is 59.3 Å². The molecule has 35 heavy (non-hydrogen) atoms. The number of anilines is 1. The Morgan fingerprint density at radius 1 is 1.06 bits per heavy atom. The number of thiazole rings is 1. The molecule has 182 valence electrons. The number of carbonyl (C=O) groups excluding carboxylic acids is 1. The predicted octanol–water partition coefficient (Wildman–Crippen LogP) is 6.05. The lowest BCUT2D eigenvalue weighted by Crippen LogP contribution is -2.30.